The summed E-state index contributed by atoms with van der Waals surface area (Å²) in [7, 11) is 1.50. The molecule has 1 saturated heterocycles. The predicted octanol–water partition coefficient (Wildman–Crippen LogP) is 3.95. The van der Waals surface area contributed by atoms with Gasteiger partial charge in [-0.1, -0.05) is 6.07 Å². The molecule has 0 spiro atoms. The third-order valence-corrected chi connectivity index (χ3v) is 5.49. The number of phenols is 1. The number of phenolic OH excluding ortho intramolecular Hbond substituents is 1. The van der Waals surface area contributed by atoms with Crippen LogP contribution in [0.5, 0.6) is 17.2 Å². The summed E-state index contributed by atoms with van der Waals surface area (Å²) in [6, 6.07) is 8.85. The molecule has 34 heavy (non-hydrogen) atoms. The molecule has 0 bridgehead atoms. The van der Waals surface area contributed by atoms with E-state index in [4.69, 9.17) is 14.2 Å². The molecule has 3 rings (SSSR count). The van der Waals surface area contributed by atoms with Crippen molar-refractivity contribution in [3.63, 3.8) is 0 Å². The monoisotopic (exact) mass is 469 g/mol. The fourth-order valence-corrected chi connectivity index (χ4v) is 3.96. The van der Waals surface area contributed by atoms with Crippen LogP contribution in [0.25, 0.3) is 5.76 Å². The zero-order chi connectivity index (χ0) is 25.0. The number of methoxy groups -OCH3 is 1. The average Bonchev–Trinajstić information content (AvgIpc) is 3.04. The maximum Gasteiger partial charge on any atom is 0.295 e. The van der Waals surface area contributed by atoms with E-state index in [1.165, 1.54) is 18.1 Å². The zero-order valence-electron chi connectivity index (χ0n) is 20.1. The quantitative estimate of drug-likeness (QED) is 0.325. The van der Waals surface area contributed by atoms with E-state index >= 15 is 0 Å². The van der Waals surface area contributed by atoms with E-state index in [9.17, 15) is 19.8 Å². The van der Waals surface area contributed by atoms with Gasteiger partial charge in [0.05, 0.1) is 30.9 Å². The number of aliphatic hydroxyl groups excluding tert-OH is 1. The number of amides is 1. The number of nitrogens with zero attached hydrogens (tertiary/aromatic N) is 1. The minimum atomic E-state index is -0.873. The standard InChI is InChI=1S/C26H31NO7/c1-6-33-21-14-17(7-9-19(21)28)23-22(25(30)26(31)27(23)11-12-32-5)24(29)18-8-10-20(16(4)13-18)34-15(2)3/h7-10,13-15,23,28-29H,6,11-12H2,1-5H3/t23-/m1/s1. The number of rotatable bonds is 9. The number of carbonyl (C=O) groups is 2. The number of aliphatic hydroxyl groups is 1. The Labute approximate surface area is 199 Å². The lowest BCUT2D eigenvalue weighted by Crippen LogP contribution is -2.32. The fourth-order valence-electron chi connectivity index (χ4n) is 3.96. The van der Waals surface area contributed by atoms with Crippen molar-refractivity contribution in [3.8, 4) is 17.2 Å². The minimum Gasteiger partial charge on any atom is -0.507 e. The number of aromatic hydroxyl groups is 1. The van der Waals surface area contributed by atoms with Crippen LogP contribution in [-0.4, -0.2) is 59.8 Å². The van der Waals surface area contributed by atoms with Gasteiger partial charge >= 0.3 is 0 Å². The summed E-state index contributed by atoms with van der Waals surface area (Å²) >= 11 is 0. The Kier molecular flexibility index (Phi) is 7.83. The van der Waals surface area contributed by atoms with Gasteiger partial charge in [-0.25, -0.2) is 0 Å². The van der Waals surface area contributed by atoms with Crippen molar-refractivity contribution in [2.24, 2.45) is 0 Å². The SMILES string of the molecule is CCOc1cc([C@@H]2C(=C(O)c3ccc(OC(C)C)c(C)c3)C(=O)C(=O)N2CCOC)ccc1O. The minimum absolute atomic E-state index is 0.0155. The van der Waals surface area contributed by atoms with Crippen LogP contribution in [0.1, 0.15) is 43.5 Å². The van der Waals surface area contributed by atoms with Gasteiger partial charge in [-0.2, -0.15) is 0 Å². The van der Waals surface area contributed by atoms with E-state index in [1.54, 1.807) is 37.3 Å². The summed E-state index contributed by atoms with van der Waals surface area (Å²) in [6.45, 7) is 8.15. The maximum absolute atomic E-state index is 13.1. The van der Waals surface area contributed by atoms with Gasteiger partial charge in [0.2, 0.25) is 0 Å². The molecule has 0 saturated carbocycles. The lowest BCUT2D eigenvalue weighted by molar-refractivity contribution is -0.140. The van der Waals surface area contributed by atoms with E-state index in [1.807, 2.05) is 20.8 Å². The molecule has 2 aromatic rings. The van der Waals surface area contributed by atoms with Crippen molar-refractivity contribution in [2.75, 3.05) is 26.9 Å². The number of ether oxygens (including phenoxy) is 3. The largest absolute Gasteiger partial charge is 0.507 e. The number of likely N-dealkylation sites (tertiary alicyclic amines) is 1. The predicted molar refractivity (Wildman–Crippen MR) is 127 cm³/mol. The summed E-state index contributed by atoms with van der Waals surface area (Å²) in [4.78, 5) is 27.4. The van der Waals surface area contributed by atoms with Gasteiger partial charge < -0.3 is 29.3 Å². The van der Waals surface area contributed by atoms with Crippen molar-refractivity contribution in [1.82, 2.24) is 4.90 Å². The van der Waals surface area contributed by atoms with Crippen LogP contribution in [0.3, 0.4) is 0 Å². The Bertz CT molecular complexity index is 1110. The first-order valence-corrected chi connectivity index (χ1v) is 11.2. The molecule has 1 fully saturated rings. The summed E-state index contributed by atoms with van der Waals surface area (Å²) in [6.07, 6.45) is -0.0155. The number of Topliss-reactive ketones (excluding diaryl/α,β-unsaturated/α-hetero) is 1. The highest BCUT2D eigenvalue weighted by molar-refractivity contribution is 6.46. The van der Waals surface area contributed by atoms with Gasteiger partial charge in [-0.05, 0) is 69.2 Å². The number of benzene rings is 2. The fraction of sp³-hybridized carbons (Fsp3) is 0.385. The molecule has 0 radical (unpaired) electrons. The molecule has 1 aliphatic rings. The topological polar surface area (TPSA) is 106 Å². The highest BCUT2D eigenvalue weighted by Crippen LogP contribution is 2.42. The molecule has 1 heterocycles. The van der Waals surface area contributed by atoms with E-state index in [0.29, 0.717) is 23.5 Å². The van der Waals surface area contributed by atoms with Crippen LogP contribution in [0.4, 0.5) is 0 Å². The molecule has 2 N–H and O–H groups in total. The van der Waals surface area contributed by atoms with Crippen molar-refractivity contribution >= 4 is 17.4 Å². The molecule has 0 aliphatic carbocycles. The molecule has 0 unspecified atom stereocenters. The summed E-state index contributed by atoms with van der Waals surface area (Å²) < 4.78 is 16.4. The molecule has 0 aromatic heterocycles. The maximum atomic E-state index is 13.1. The highest BCUT2D eigenvalue weighted by atomic mass is 16.5. The summed E-state index contributed by atoms with van der Waals surface area (Å²) in [5.41, 5.74) is 1.67. The second-order valence-electron chi connectivity index (χ2n) is 8.29. The smallest absolute Gasteiger partial charge is 0.295 e. The van der Waals surface area contributed by atoms with Gasteiger partial charge in [0.15, 0.2) is 11.5 Å². The molecular formula is C26H31NO7. The number of hydrogen-bond donors (Lipinski definition) is 2. The molecule has 1 aliphatic heterocycles. The number of hydrogen-bond acceptors (Lipinski definition) is 7. The Morgan fingerprint density at radius 3 is 2.47 bits per heavy atom. The zero-order valence-corrected chi connectivity index (χ0v) is 20.1. The molecule has 8 heteroatoms. The van der Waals surface area contributed by atoms with Crippen LogP contribution >= 0.6 is 0 Å². The van der Waals surface area contributed by atoms with E-state index in [-0.39, 0.29) is 42.1 Å². The van der Waals surface area contributed by atoms with Crippen molar-refractivity contribution < 1.29 is 34.0 Å². The lowest BCUT2D eigenvalue weighted by atomic mass is 9.94. The molecule has 1 atom stereocenters. The van der Waals surface area contributed by atoms with Crippen molar-refractivity contribution in [2.45, 2.75) is 39.8 Å². The first-order valence-electron chi connectivity index (χ1n) is 11.2. The first-order chi connectivity index (χ1) is 16.2. The van der Waals surface area contributed by atoms with Gasteiger partial charge in [-0.15, -0.1) is 0 Å². The molecular weight excluding hydrogens is 438 g/mol. The van der Waals surface area contributed by atoms with Crippen molar-refractivity contribution in [3.05, 3.63) is 58.7 Å². The Hall–Kier alpha value is -3.52. The van der Waals surface area contributed by atoms with Gasteiger partial charge in [0.25, 0.3) is 11.7 Å². The third kappa shape index (κ3) is 5.02. The molecule has 8 nitrogen and oxygen atoms in total. The van der Waals surface area contributed by atoms with Gasteiger partial charge in [0, 0.05) is 19.2 Å². The summed E-state index contributed by atoms with van der Waals surface area (Å²) in [5.74, 6) is -0.966. The first kappa shape index (κ1) is 25.1. The average molecular weight is 470 g/mol. The lowest BCUT2D eigenvalue weighted by Gasteiger charge is -2.25. The Balaban J connectivity index is 2.15. The Morgan fingerprint density at radius 1 is 1.12 bits per heavy atom. The number of aryl methyl sites for hydroxylation is 1. The van der Waals surface area contributed by atoms with Crippen LogP contribution in [0.15, 0.2) is 42.0 Å². The number of carbonyl (C=O) groups excluding carboxylic acids is 2. The summed E-state index contributed by atoms with van der Waals surface area (Å²) in [5, 5.41) is 21.4. The van der Waals surface area contributed by atoms with Crippen LogP contribution in [-0.2, 0) is 14.3 Å². The van der Waals surface area contributed by atoms with Crippen LogP contribution in [0.2, 0.25) is 0 Å². The van der Waals surface area contributed by atoms with Gasteiger partial charge in [0.1, 0.15) is 11.5 Å². The molecule has 182 valence electrons. The van der Waals surface area contributed by atoms with Crippen molar-refractivity contribution in [1.29, 1.82) is 0 Å². The molecule has 1 amide bonds. The normalized spacial score (nSPS) is 17.5. The van der Waals surface area contributed by atoms with Crippen LogP contribution in [0, 0.1) is 6.92 Å². The van der Waals surface area contributed by atoms with E-state index in [2.05, 4.69) is 0 Å². The highest BCUT2D eigenvalue weighted by Gasteiger charge is 2.46. The number of ketones is 1. The van der Waals surface area contributed by atoms with Gasteiger partial charge in [-0.3, -0.25) is 9.59 Å². The Morgan fingerprint density at radius 2 is 1.85 bits per heavy atom. The third-order valence-electron chi connectivity index (χ3n) is 5.49. The van der Waals surface area contributed by atoms with Crippen LogP contribution < -0.4 is 9.47 Å². The second-order valence-corrected chi connectivity index (χ2v) is 8.29. The van der Waals surface area contributed by atoms with E-state index in [0.717, 1.165) is 5.56 Å². The molecule has 2 aromatic carbocycles. The van der Waals surface area contributed by atoms with E-state index < -0.39 is 17.7 Å². The second kappa shape index (κ2) is 10.6.